The second-order valence-corrected chi connectivity index (χ2v) is 6.34. The van der Waals surface area contributed by atoms with Crippen molar-refractivity contribution in [2.75, 3.05) is 0 Å². The third-order valence-electron chi connectivity index (χ3n) is 4.77. The molecule has 106 valence electrons. The lowest BCUT2D eigenvalue weighted by molar-refractivity contribution is -0.0679. The highest BCUT2D eigenvalue weighted by atomic mass is 16.5. The smallest absolute Gasteiger partial charge is 0.0776 e. The van der Waals surface area contributed by atoms with E-state index in [9.17, 15) is 5.11 Å². The van der Waals surface area contributed by atoms with Crippen LogP contribution in [0.25, 0.3) is 0 Å². The van der Waals surface area contributed by atoms with Gasteiger partial charge in [0, 0.05) is 18.9 Å². The molecule has 1 aromatic heterocycles. The van der Waals surface area contributed by atoms with Crippen molar-refractivity contribution in [3.8, 4) is 0 Å². The lowest BCUT2D eigenvalue weighted by atomic mass is 9.83. The molecule has 3 nitrogen and oxygen atoms in total. The number of aliphatic hydroxyl groups excluding tert-OH is 1. The van der Waals surface area contributed by atoms with Crippen LogP contribution in [0.3, 0.4) is 0 Å². The summed E-state index contributed by atoms with van der Waals surface area (Å²) >= 11 is 0. The number of ether oxygens (including phenoxy) is 1. The van der Waals surface area contributed by atoms with E-state index in [1.165, 1.54) is 44.9 Å². The number of hydrogen-bond donors (Lipinski definition) is 1. The van der Waals surface area contributed by atoms with Gasteiger partial charge in [0.25, 0.3) is 0 Å². The summed E-state index contributed by atoms with van der Waals surface area (Å²) < 4.78 is 8.54. The predicted molar refractivity (Wildman–Crippen MR) is 75.0 cm³/mol. The van der Waals surface area contributed by atoms with Crippen LogP contribution in [0.2, 0.25) is 0 Å². The third-order valence-corrected chi connectivity index (χ3v) is 4.77. The lowest BCUT2D eigenvalue weighted by Gasteiger charge is -2.33. The molecule has 1 aromatic rings. The molecule has 0 radical (unpaired) electrons. The Balaban J connectivity index is 1.58. The van der Waals surface area contributed by atoms with E-state index in [0.717, 1.165) is 12.1 Å². The monoisotopic (exact) mass is 263 g/mol. The second-order valence-electron chi connectivity index (χ2n) is 6.34. The van der Waals surface area contributed by atoms with E-state index in [-0.39, 0.29) is 11.7 Å². The average molecular weight is 263 g/mol. The third kappa shape index (κ3) is 2.87. The van der Waals surface area contributed by atoms with Gasteiger partial charge >= 0.3 is 0 Å². The minimum atomic E-state index is -0.379. The summed E-state index contributed by atoms with van der Waals surface area (Å²) in [7, 11) is 0. The van der Waals surface area contributed by atoms with Crippen LogP contribution >= 0.6 is 0 Å². The Morgan fingerprint density at radius 1 is 1.37 bits per heavy atom. The second kappa shape index (κ2) is 5.29. The minimum absolute atomic E-state index is 0.211. The fourth-order valence-corrected chi connectivity index (χ4v) is 3.64. The Morgan fingerprint density at radius 3 is 2.84 bits per heavy atom. The zero-order valence-electron chi connectivity index (χ0n) is 11.8. The summed E-state index contributed by atoms with van der Waals surface area (Å²) in [5.41, 5.74) is 1.20. The van der Waals surface area contributed by atoms with Gasteiger partial charge in [0.05, 0.1) is 17.8 Å². The number of aromatic nitrogens is 1. The van der Waals surface area contributed by atoms with Gasteiger partial charge in [-0.1, -0.05) is 19.3 Å². The Kier molecular flexibility index (Phi) is 3.68. The topological polar surface area (TPSA) is 34.4 Å². The van der Waals surface area contributed by atoms with Gasteiger partial charge in [0.15, 0.2) is 0 Å². The van der Waals surface area contributed by atoms with Crippen molar-refractivity contribution in [2.24, 2.45) is 0 Å². The quantitative estimate of drug-likeness (QED) is 0.906. The summed E-state index contributed by atoms with van der Waals surface area (Å²) in [6.07, 6.45) is 13.1. The van der Waals surface area contributed by atoms with Crippen molar-refractivity contribution in [1.82, 2.24) is 4.57 Å². The molecule has 1 aliphatic heterocycles. The van der Waals surface area contributed by atoms with Gasteiger partial charge in [0.2, 0.25) is 0 Å². The maximum Gasteiger partial charge on any atom is 0.0776 e. The van der Waals surface area contributed by atoms with Crippen LogP contribution in [0.1, 0.15) is 63.5 Å². The zero-order chi connectivity index (χ0) is 13.3. The molecular weight excluding hydrogens is 238 g/mol. The molecule has 1 saturated heterocycles. The van der Waals surface area contributed by atoms with Crippen molar-refractivity contribution in [3.63, 3.8) is 0 Å². The average Bonchev–Trinajstić information content (AvgIpc) is 2.99. The summed E-state index contributed by atoms with van der Waals surface area (Å²) in [6.45, 7) is 2.73. The summed E-state index contributed by atoms with van der Waals surface area (Å²) in [4.78, 5) is 0. The molecule has 0 amide bonds. The van der Waals surface area contributed by atoms with Gasteiger partial charge in [-0.05, 0) is 44.2 Å². The largest absolute Gasteiger partial charge is 0.389 e. The van der Waals surface area contributed by atoms with Gasteiger partial charge in [0.1, 0.15) is 0 Å². The standard InChI is InChI=1S/C16H25NO2/c1-13(18)14-6-10-17(11-14)12-15-5-9-16(19-15)7-3-2-4-8-16/h6,10-11,13,15,18H,2-5,7-9,12H2,1H3. The van der Waals surface area contributed by atoms with Crippen molar-refractivity contribution < 1.29 is 9.84 Å². The molecule has 0 aromatic carbocycles. The predicted octanol–water partition coefficient (Wildman–Crippen LogP) is 3.42. The molecule has 1 spiro atoms. The van der Waals surface area contributed by atoms with Gasteiger partial charge < -0.3 is 14.4 Å². The van der Waals surface area contributed by atoms with Crippen molar-refractivity contribution in [3.05, 3.63) is 24.0 Å². The SMILES string of the molecule is CC(O)c1ccn(CC2CCC3(CCCCC3)O2)c1. The molecule has 3 heteroatoms. The van der Waals surface area contributed by atoms with E-state index in [4.69, 9.17) is 4.74 Å². The zero-order valence-corrected chi connectivity index (χ0v) is 11.8. The number of nitrogens with zero attached hydrogens (tertiary/aromatic N) is 1. The highest BCUT2D eigenvalue weighted by Crippen LogP contribution is 2.42. The van der Waals surface area contributed by atoms with Crippen molar-refractivity contribution in [2.45, 2.75) is 76.2 Å². The summed E-state index contributed by atoms with van der Waals surface area (Å²) in [5.74, 6) is 0. The van der Waals surface area contributed by atoms with E-state index in [0.29, 0.717) is 6.10 Å². The molecule has 1 aliphatic carbocycles. The molecule has 2 atom stereocenters. The first-order valence-corrected chi connectivity index (χ1v) is 7.68. The van der Waals surface area contributed by atoms with E-state index < -0.39 is 0 Å². The number of hydrogen-bond acceptors (Lipinski definition) is 2. The number of rotatable bonds is 3. The fraction of sp³-hybridized carbons (Fsp3) is 0.750. The molecule has 2 aliphatic rings. The highest BCUT2D eigenvalue weighted by molar-refractivity contribution is 5.12. The van der Waals surface area contributed by atoms with Gasteiger partial charge in [-0.3, -0.25) is 0 Å². The Labute approximate surface area is 115 Å². The maximum atomic E-state index is 9.55. The van der Waals surface area contributed by atoms with Crippen molar-refractivity contribution in [1.29, 1.82) is 0 Å². The van der Waals surface area contributed by atoms with E-state index in [2.05, 4.69) is 10.8 Å². The Hall–Kier alpha value is -0.800. The molecule has 19 heavy (non-hydrogen) atoms. The molecule has 1 N–H and O–H groups in total. The maximum absolute atomic E-state index is 9.55. The van der Waals surface area contributed by atoms with Gasteiger partial charge in [-0.2, -0.15) is 0 Å². The van der Waals surface area contributed by atoms with Crippen LogP contribution in [0.15, 0.2) is 18.5 Å². The molecule has 1 saturated carbocycles. The number of aliphatic hydroxyl groups is 1. The van der Waals surface area contributed by atoms with E-state index in [1.807, 2.05) is 19.2 Å². The van der Waals surface area contributed by atoms with Crippen LogP contribution in [0.5, 0.6) is 0 Å². The Bertz CT molecular complexity index is 418. The van der Waals surface area contributed by atoms with Gasteiger partial charge in [-0.25, -0.2) is 0 Å². The normalized spacial score (nSPS) is 27.8. The van der Waals surface area contributed by atoms with Crippen LogP contribution < -0.4 is 0 Å². The first kappa shape index (κ1) is 13.2. The first-order valence-electron chi connectivity index (χ1n) is 7.68. The minimum Gasteiger partial charge on any atom is -0.389 e. The van der Waals surface area contributed by atoms with Crippen LogP contribution in [0, 0.1) is 0 Å². The molecule has 0 bridgehead atoms. The first-order chi connectivity index (χ1) is 9.17. The summed E-state index contributed by atoms with van der Waals surface area (Å²) in [5, 5.41) is 9.55. The molecular formula is C16H25NO2. The molecule has 2 heterocycles. The molecule has 2 fully saturated rings. The summed E-state index contributed by atoms with van der Waals surface area (Å²) in [6, 6.07) is 2.00. The lowest BCUT2D eigenvalue weighted by Crippen LogP contribution is -2.32. The molecule has 3 rings (SSSR count). The highest BCUT2D eigenvalue weighted by Gasteiger charge is 2.40. The van der Waals surface area contributed by atoms with E-state index >= 15 is 0 Å². The molecule has 2 unspecified atom stereocenters. The van der Waals surface area contributed by atoms with Crippen molar-refractivity contribution >= 4 is 0 Å². The van der Waals surface area contributed by atoms with Gasteiger partial charge in [-0.15, -0.1) is 0 Å². The Morgan fingerprint density at radius 2 is 2.16 bits per heavy atom. The van der Waals surface area contributed by atoms with Crippen LogP contribution in [-0.2, 0) is 11.3 Å². The van der Waals surface area contributed by atoms with Crippen LogP contribution in [0.4, 0.5) is 0 Å². The van der Waals surface area contributed by atoms with E-state index in [1.54, 1.807) is 0 Å². The van der Waals surface area contributed by atoms with Crippen LogP contribution in [-0.4, -0.2) is 21.4 Å². The fourth-order valence-electron chi connectivity index (χ4n) is 3.64.